The lowest BCUT2D eigenvalue weighted by Gasteiger charge is -2.21. The molecule has 0 atom stereocenters. The van der Waals surface area contributed by atoms with Crippen molar-refractivity contribution in [2.45, 2.75) is 58.3 Å². The Balaban J connectivity index is 1.57. The van der Waals surface area contributed by atoms with Gasteiger partial charge in [0, 0.05) is 22.9 Å². The van der Waals surface area contributed by atoms with Gasteiger partial charge in [-0.05, 0) is 66.4 Å². The SMILES string of the molecule is CC(C)(C)c1ccc(C(=O)Nc2cccc(NC(=S)NC(=O)C3CCCCC3)c2)cc1. The molecule has 0 aromatic heterocycles. The Morgan fingerprint density at radius 2 is 1.52 bits per heavy atom. The molecule has 0 unspecified atom stereocenters. The Morgan fingerprint density at radius 3 is 2.13 bits per heavy atom. The quantitative estimate of drug-likeness (QED) is 0.542. The molecule has 1 saturated carbocycles. The van der Waals surface area contributed by atoms with E-state index in [1.807, 2.05) is 42.5 Å². The minimum Gasteiger partial charge on any atom is -0.332 e. The second kappa shape index (κ2) is 10.1. The Bertz CT molecular complexity index is 942. The monoisotopic (exact) mass is 437 g/mol. The Morgan fingerprint density at radius 1 is 0.903 bits per heavy atom. The van der Waals surface area contributed by atoms with Crippen LogP contribution in [0.4, 0.5) is 11.4 Å². The predicted molar refractivity (Wildman–Crippen MR) is 130 cm³/mol. The van der Waals surface area contributed by atoms with E-state index >= 15 is 0 Å². The van der Waals surface area contributed by atoms with Gasteiger partial charge in [0.25, 0.3) is 5.91 Å². The normalized spacial score (nSPS) is 14.5. The van der Waals surface area contributed by atoms with Gasteiger partial charge in [0.05, 0.1) is 0 Å². The molecule has 3 N–H and O–H groups in total. The molecule has 2 aromatic carbocycles. The summed E-state index contributed by atoms with van der Waals surface area (Å²) >= 11 is 5.30. The number of anilines is 2. The van der Waals surface area contributed by atoms with Crippen molar-refractivity contribution in [3.63, 3.8) is 0 Å². The Labute approximate surface area is 190 Å². The first-order valence-electron chi connectivity index (χ1n) is 10.9. The molecule has 3 rings (SSSR count). The maximum Gasteiger partial charge on any atom is 0.255 e. The third-order valence-corrected chi connectivity index (χ3v) is 5.81. The van der Waals surface area contributed by atoms with Crippen LogP contribution in [0.1, 0.15) is 68.8 Å². The fraction of sp³-hybridized carbons (Fsp3) is 0.400. The van der Waals surface area contributed by atoms with E-state index in [1.165, 1.54) is 12.0 Å². The molecule has 5 nitrogen and oxygen atoms in total. The third kappa shape index (κ3) is 6.62. The van der Waals surface area contributed by atoms with Gasteiger partial charge in [-0.15, -0.1) is 0 Å². The number of nitrogens with one attached hydrogen (secondary N) is 3. The maximum absolute atomic E-state index is 12.6. The van der Waals surface area contributed by atoms with Crippen molar-refractivity contribution in [2.75, 3.05) is 10.6 Å². The zero-order valence-electron chi connectivity index (χ0n) is 18.5. The lowest BCUT2D eigenvalue weighted by molar-refractivity contribution is -0.124. The highest BCUT2D eigenvalue weighted by Crippen LogP contribution is 2.24. The minimum absolute atomic E-state index is 0.0136. The van der Waals surface area contributed by atoms with Crippen LogP contribution in [0, 0.1) is 5.92 Å². The Hall–Kier alpha value is -2.73. The van der Waals surface area contributed by atoms with E-state index in [4.69, 9.17) is 12.2 Å². The number of hydrogen-bond donors (Lipinski definition) is 3. The summed E-state index contributed by atoms with van der Waals surface area (Å²) in [7, 11) is 0. The van der Waals surface area contributed by atoms with Gasteiger partial charge in [0.1, 0.15) is 0 Å². The summed E-state index contributed by atoms with van der Waals surface area (Å²) in [5.41, 5.74) is 3.17. The molecule has 6 heteroatoms. The summed E-state index contributed by atoms with van der Waals surface area (Å²) in [5, 5.41) is 9.02. The standard InChI is InChI=1S/C25H31N3O2S/c1-25(2,3)19-14-12-18(13-15-19)22(29)26-20-10-7-11-21(16-20)27-24(31)28-23(30)17-8-5-4-6-9-17/h7,10-17H,4-6,8-9H2,1-3H3,(H,26,29)(H2,27,28,30,31). The van der Waals surface area contributed by atoms with Gasteiger partial charge in [-0.3, -0.25) is 9.59 Å². The van der Waals surface area contributed by atoms with Crippen LogP contribution in [0.3, 0.4) is 0 Å². The van der Waals surface area contributed by atoms with Crippen LogP contribution < -0.4 is 16.0 Å². The van der Waals surface area contributed by atoms with Crippen molar-refractivity contribution in [3.8, 4) is 0 Å². The predicted octanol–water partition coefficient (Wildman–Crippen LogP) is 5.63. The van der Waals surface area contributed by atoms with E-state index in [0.717, 1.165) is 25.7 Å². The summed E-state index contributed by atoms with van der Waals surface area (Å²) < 4.78 is 0. The van der Waals surface area contributed by atoms with E-state index < -0.39 is 0 Å². The van der Waals surface area contributed by atoms with Crippen LogP contribution in [0.2, 0.25) is 0 Å². The molecule has 2 aromatic rings. The summed E-state index contributed by atoms with van der Waals surface area (Å²) in [6.45, 7) is 6.42. The van der Waals surface area contributed by atoms with Gasteiger partial charge in [-0.25, -0.2) is 0 Å². The van der Waals surface area contributed by atoms with Crippen molar-refractivity contribution in [1.82, 2.24) is 5.32 Å². The highest BCUT2D eigenvalue weighted by Gasteiger charge is 2.21. The van der Waals surface area contributed by atoms with E-state index in [0.29, 0.717) is 16.9 Å². The van der Waals surface area contributed by atoms with Gasteiger partial charge in [0.2, 0.25) is 5.91 Å². The molecule has 1 aliphatic carbocycles. The number of rotatable bonds is 4. The summed E-state index contributed by atoms with van der Waals surface area (Å²) in [6, 6.07) is 14.9. The Kier molecular flexibility index (Phi) is 7.44. The fourth-order valence-corrected chi connectivity index (χ4v) is 3.96. The minimum atomic E-state index is -0.175. The second-order valence-electron chi connectivity index (χ2n) is 9.14. The van der Waals surface area contributed by atoms with Crippen LogP contribution in [-0.2, 0) is 10.2 Å². The number of benzene rings is 2. The van der Waals surface area contributed by atoms with Crippen LogP contribution in [-0.4, -0.2) is 16.9 Å². The lowest BCUT2D eigenvalue weighted by Crippen LogP contribution is -2.39. The van der Waals surface area contributed by atoms with Crippen molar-refractivity contribution < 1.29 is 9.59 Å². The van der Waals surface area contributed by atoms with Crippen LogP contribution in [0.15, 0.2) is 48.5 Å². The molecule has 0 spiro atoms. The molecule has 0 saturated heterocycles. The molecule has 1 fully saturated rings. The highest BCUT2D eigenvalue weighted by atomic mass is 32.1. The van der Waals surface area contributed by atoms with E-state index in [9.17, 15) is 9.59 Å². The van der Waals surface area contributed by atoms with Gasteiger partial charge >= 0.3 is 0 Å². The number of hydrogen-bond acceptors (Lipinski definition) is 3. The topological polar surface area (TPSA) is 70.2 Å². The summed E-state index contributed by atoms with van der Waals surface area (Å²) in [6.07, 6.45) is 5.24. The molecule has 31 heavy (non-hydrogen) atoms. The van der Waals surface area contributed by atoms with Gasteiger partial charge in [-0.2, -0.15) is 0 Å². The van der Waals surface area contributed by atoms with Gasteiger partial charge < -0.3 is 16.0 Å². The summed E-state index contributed by atoms with van der Waals surface area (Å²) in [5.74, 6) is -0.144. The molecule has 1 aliphatic rings. The number of thiocarbonyl (C=S) groups is 1. The van der Waals surface area contributed by atoms with Crippen molar-refractivity contribution in [2.24, 2.45) is 5.92 Å². The largest absolute Gasteiger partial charge is 0.332 e. The first kappa shape index (κ1) is 22.9. The van der Waals surface area contributed by atoms with Crippen molar-refractivity contribution in [3.05, 3.63) is 59.7 Å². The molecule has 0 radical (unpaired) electrons. The molecule has 164 valence electrons. The van der Waals surface area contributed by atoms with E-state index in [-0.39, 0.29) is 28.3 Å². The van der Waals surface area contributed by atoms with Crippen molar-refractivity contribution in [1.29, 1.82) is 0 Å². The second-order valence-corrected chi connectivity index (χ2v) is 9.55. The molecule has 2 amide bonds. The molecular formula is C25H31N3O2S. The smallest absolute Gasteiger partial charge is 0.255 e. The lowest BCUT2D eigenvalue weighted by atomic mass is 9.87. The fourth-order valence-electron chi connectivity index (χ4n) is 3.74. The van der Waals surface area contributed by atoms with E-state index in [1.54, 1.807) is 6.07 Å². The molecule has 0 aliphatic heterocycles. The zero-order chi connectivity index (χ0) is 22.4. The number of amides is 2. The third-order valence-electron chi connectivity index (χ3n) is 5.60. The average molecular weight is 438 g/mol. The summed E-state index contributed by atoms with van der Waals surface area (Å²) in [4.78, 5) is 25.0. The van der Waals surface area contributed by atoms with Crippen LogP contribution in [0.5, 0.6) is 0 Å². The zero-order valence-corrected chi connectivity index (χ0v) is 19.3. The molecular weight excluding hydrogens is 406 g/mol. The van der Waals surface area contributed by atoms with Crippen LogP contribution in [0.25, 0.3) is 0 Å². The first-order valence-corrected chi connectivity index (χ1v) is 11.3. The maximum atomic E-state index is 12.6. The van der Waals surface area contributed by atoms with E-state index in [2.05, 4.69) is 36.7 Å². The van der Waals surface area contributed by atoms with Gasteiger partial charge in [-0.1, -0.05) is 58.2 Å². The number of carbonyl (C=O) groups excluding carboxylic acids is 2. The molecule has 0 bridgehead atoms. The van der Waals surface area contributed by atoms with Crippen molar-refractivity contribution >= 4 is 40.5 Å². The first-order chi connectivity index (χ1) is 14.7. The number of carbonyl (C=O) groups is 2. The average Bonchev–Trinajstić information content (AvgIpc) is 2.74. The van der Waals surface area contributed by atoms with Crippen LogP contribution >= 0.6 is 12.2 Å². The van der Waals surface area contributed by atoms with Gasteiger partial charge in [0.15, 0.2) is 5.11 Å². The highest BCUT2D eigenvalue weighted by molar-refractivity contribution is 7.80. The molecule has 0 heterocycles.